The second-order valence-corrected chi connectivity index (χ2v) is 18.6. The predicted molar refractivity (Wildman–Crippen MR) is 300 cm³/mol. The Morgan fingerprint density at radius 3 is 1.22 bits per heavy atom. The number of rotatable bonds is 49. The molecule has 0 radical (unpaired) electrons. The second kappa shape index (κ2) is 55.2. The van der Waals surface area contributed by atoms with Gasteiger partial charge < -0.3 is 20.3 Å². The third-order valence-electron chi connectivity index (χ3n) is 12.0. The summed E-state index contributed by atoms with van der Waals surface area (Å²) < 4.78 is 5.83. The monoisotopic (exact) mass is 956 g/mol. The molecule has 0 heterocycles. The summed E-state index contributed by atoms with van der Waals surface area (Å²) in [6.45, 7) is 6.22. The van der Waals surface area contributed by atoms with Crippen LogP contribution >= 0.6 is 0 Å². The van der Waals surface area contributed by atoms with E-state index in [1.165, 1.54) is 89.9 Å². The first kappa shape index (κ1) is 65.3. The Balaban J connectivity index is 4.78. The van der Waals surface area contributed by atoms with Gasteiger partial charge in [0.05, 0.1) is 25.2 Å². The number of aliphatic hydroxyl groups is 2. The van der Waals surface area contributed by atoms with Crippen LogP contribution in [-0.2, 0) is 14.3 Å². The Kier molecular flexibility index (Phi) is 52.2. The lowest BCUT2D eigenvalue weighted by Gasteiger charge is -2.23. The molecular weight excluding hydrogens is 851 g/mol. The van der Waals surface area contributed by atoms with Crippen molar-refractivity contribution in [2.24, 2.45) is 0 Å². The zero-order valence-corrected chi connectivity index (χ0v) is 44.6. The molecule has 6 nitrogen and oxygen atoms in total. The Bertz CT molecular complexity index is 1440. The molecule has 0 aromatic rings. The van der Waals surface area contributed by atoms with Gasteiger partial charge in [0.15, 0.2) is 0 Å². The molecule has 0 saturated carbocycles. The minimum absolute atomic E-state index is 0.0674. The van der Waals surface area contributed by atoms with Gasteiger partial charge in [-0.1, -0.05) is 252 Å². The van der Waals surface area contributed by atoms with Crippen molar-refractivity contribution in [2.45, 2.75) is 257 Å². The molecule has 6 heteroatoms. The van der Waals surface area contributed by atoms with E-state index in [9.17, 15) is 19.8 Å². The Morgan fingerprint density at radius 2 is 0.812 bits per heavy atom. The van der Waals surface area contributed by atoms with Crippen molar-refractivity contribution < 1.29 is 24.5 Å². The molecule has 0 aliphatic heterocycles. The topological polar surface area (TPSA) is 95.9 Å². The fourth-order valence-corrected chi connectivity index (χ4v) is 7.83. The summed E-state index contributed by atoms with van der Waals surface area (Å²) in [6.07, 6.45) is 77.2. The van der Waals surface area contributed by atoms with E-state index < -0.39 is 18.2 Å². The lowest BCUT2D eigenvalue weighted by molar-refractivity contribution is -0.148. The van der Waals surface area contributed by atoms with Crippen LogP contribution < -0.4 is 5.32 Å². The zero-order chi connectivity index (χ0) is 50.2. The number of amides is 1. The molecule has 0 aliphatic carbocycles. The van der Waals surface area contributed by atoms with Crippen LogP contribution in [0.4, 0.5) is 0 Å². The molecule has 1 amide bonds. The highest BCUT2D eigenvalue weighted by Gasteiger charge is 2.23. The van der Waals surface area contributed by atoms with Gasteiger partial charge in [0.1, 0.15) is 6.10 Å². The van der Waals surface area contributed by atoms with E-state index in [0.29, 0.717) is 19.3 Å². The number of unbranched alkanes of at least 4 members (excludes halogenated alkanes) is 19. The van der Waals surface area contributed by atoms with Crippen LogP contribution in [-0.4, -0.2) is 46.9 Å². The molecular formula is C63H105NO5. The van der Waals surface area contributed by atoms with Crippen molar-refractivity contribution in [2.75, 3.05) is 6.61 Å². The summed E-state index contributed by atoms with van der Waals surface area (Å²) >= 11 is 0. The van der Waals surface area contributed by atoms with Gasteiger partial charge in [0.25, 0.3) is 0 Å². The minimum atomic E-state index is -0.834. The molecule has 0 fully saturated rings. The molecule has 69 heavy (non-hydrogen) atoms. The quantitative estimate of drug-likeness (QED) is 0.0321. The first-order valence-electron chi connectivity index (χ1n) is 28.3. The predicted octanol–water partition coefficient (Wildman–Crippen LogP) is 17.6. The summed E-state index contributed by atoms with van der Waals surface area (Å²) in [7, 11) is 0. The number of aliphatic hydroxyl groups excluding tert-OH is 2. The molecule has 0 rings (SSSR count). The molecule has 3 N–H and O–H groups in total. The molecule has 0 aromatic heterocycles. The van der Waals surface area contributed by atoms with Crippen molar-refractivity contribution in [1.29, 1.82) is 0 Å². The summed E-state index contributed by atoms with van der Waals surface area (Å²) in [5, 5.41) is 23.8. The summed E-state index contributed by atoms with van der Waals surface area (Å²) in [5.41, 5.74) is 0. The average molecular weight is 957 g/mol. The number of hydrogen-bond acceptors (Lipinski definition) is 5. The minimum Gasteiger partial charge on any atom is -0.458 e. The fourth-order valence-electron chi connectivity index (χ4n) is 7.83. The normalized spacial score (nSPS) is 14.1. The van der Waals surface area contributed by atoms with Gasteiger partial charge in [-0.2, -0.15) is 0 Å². The van der Waals surface area contributed by atoms with Crippen LogP contribution in [0.25, 0.3) is 0 Å². The summed E-state index contributed by atoms with van der Waals surface area (Å²) in [4.78, 5) is 26.2. The van der Waals surface area contributed by atoms with Crippen molar-refractivity contribution >= 4 is 11.9 Å². The number of allylic oxidation sites excluding steroid dienone is 19. The smallest absolute Gasteiger partial charge is 0.306 e. The Morgan fingerprint density at radius 1 is 0.449 bits per heavy atom. The first-order valence-corrected chi connectivity index (χ1v) is 28.3. The largest absolute Gasteiger partial charge is 0.458 e. The van der Waals surface area contributed by atoms with Gasteiger partial charge >= 0.3 is 5.97 Å². The number of carbonyl (C=O) groups excluding carboxylic acids is 2. The van der Waals surface area contributed by atoms with Gasteiger partial charge in [-0.25, -0.2) is 0 Å². The summed E-state index contributed by atoms with van der Waals surface area (Å²) in [6, 6.07) is -0.759. The fraction of sp³-hybridized carbons (Fsp3) is 0.651. The zero-order valence-electron chi connectivity index (χ0n) is 44.6. The van der Waals surface area contributed by atoms with E-state index in [1.807, 2.05) is 6.08 Å². The van der Waals surface area contributed by atoms with Crippen LogP contribution in [0, 0.1) is 0 Å². The summed E-state index contributed by atoms with van der Waals surface area (Å²) in [5.74, 6) is -0.674. The van der Waals surface area contributed by atoms with Crippen LogP contribution in [0.15, 0.2) is 122 Å². The van der Waals surface area contributed by atoms with Crippen molar-refractivity contribution in [3.8, 4) is 0 Å². The third kappa shape index (κ3) is 50.5. The number of carbonyl (C=O) groups is 2. The SMILES string of the molecule is CC/C=C\C/C=C\C/C=C\C/C=C\C/C=C\C/C=C\C(CC(=O)NC(CO)C(O)CCCCCCCCCCCCCCCCCCC)OC(=O)CCCCC/C=C/C/C=C/C/C=C/C/C=C/CC. The maximum Gasteiger partial charge on any atom is 0.306 e. The maximum absolute atomic E-state index is 13.2. The highest BCUT2D eigenvalue weighted by molar-refractivity contribution is 5.78. The van der Waals surface area contributed by atoms with Gasteiger partial charge in [0.2, 0.25) is 5.91 Å². The number of nitrogens with one attached hydrogen (secondary N) is 1. The van der Waals surface area contributed by atoms with Gasteiger partial charge in [-0.05, 0) is 96.0 Å². The van der Waals surface area contributed by atoms with E-state index >= 15 is 0 Å². The van der Waals surface area contributed by atoms with E-state index in [-0.39, 0.29) is 24.9 Å². The van der Waals surface area contributed by atoms with Crippen LogP contribution in [0.3, 0.4) is 0 Å². The van der Waals surface area contributed by atoms with Crippen LogP contribution in [0.2, 0.25) is 0 Å². The van der Waals surface area contributed by atoms with Crippen LogP contribution in [0.1, 0.15) is 239 Å². The molecule has 392 valence electrons. The number of hydrogen-bond donors (Lipinski definition) is 3. The second-order valence-electron chi connectivity index (χ2n) is 18.6. The maximum atomic E-state index is 13.2. The first-order chi connectivity index (χ1) is 34.0. The molecule has 0 saturated heterocycles. The van der Waals surface area contributed by atoms with Gasteiger partial charge in [-0.3, -0.25) is 9.59 Å². The van der Waals surface area contributed by atoms with E-state index in [0.717, 1.165) is 103 Å². The Labute approximate surface area is 425 Å². The standard InChI is InChI=1S/C63H105NO5/c1-4-7-10-13-16-19-22-25-28-31-33-36-39-42-45-48-51-54-59(69-63(68)56-53-50-47-44-41-38-35-30-27-24-21-18-15-12-9-6-3)57-62(67)64-60(58-65)61(66)55-52-49-46-43-40-37-34-32-29-26-23-20-17-14-11-8-5-2/h7,9-10,12,16,18-19,21,25,27-28,30,33,36,38,41-42,45,51,54,59-61,65-66H,4-6,8,11,13-15,17,20,22-24,26,29,31-32,34-35,37,39-40,43-44,46-50,52-53,55-58H2,1-3H3,(H,64,67)/b10-7-,12-9+,19-16-,21-18+,28-25-,30-27+,36-33-,41-38+,45-42-,54-51-. The van der Waals surface area contributed by atoms with E-state index in [2.05, 4.69) is 135 Å². The molecule has 3 unspecified atom stereocenters. The van der Waals surface area contributed by atoms with Gasteiger partial charge in [-0.15, -0.1) is 0 Å². The highest BCUT2D eigenvalue weighted by Crippen LogP contribution is 2.16. The molecule has 0 spiro atoms. The number of ether oxygens (including phenoxy) is 1. The molecule has 0 bridgehead atoms. The average Bonchev–Trinajstić information content (AvgIpc) is 3.34. The van der Waals surface area contributed by atoms with Crippen molar-refractivity contribution in [1.82, 2.24) is 5.32 Å². The highest BCUT2D eigenvalue weighted by atomic mass is 16.5. The van der Waals surface area contributed by atoms with Gasteiger partial charge in [0, 0.05) is 6.42 Å². The lowest BCUT2D eigenvalue weighted by atomic mass is 10.0. The molecule has 0 aliphatic rings. The molecule has 0 aromatic carbocycles. The van der Waals surface area contributed by atoms with Crippen molar-refractivity contribution in [3.63, 3.8) is 0 Å². The van der Waals surface area contributed by atoms with Crippen LogP contribution in [0.5, 0.6) is 0 Å². The lowest BCUT2D eigenvalue weighted by Crippen LogP contribution is -2.46. The third-order valence-corrected chi connectivity index (χ3v) is 12.0. The molecule has 3 atom stereocenters. The van der Waals surface area contributed by atoms with E-state index in [1.54, 1.807) is 6.08 Å². The Hall–Kier alpha value is -3.74. The van der Waals surface area contributed by atoms with Crippen molar-refractivity contribution in [3.05, 3.63) is 122 Å². The van der Waals surface area contributed by atoms with E-state index in [4.69, 9.17) is 4.74 Å². The number of esters is 1.